The Hall–Kier alpha value is -1.66. The van der Waals surface area contributed by atoms with Gasteiger partial charge < -0.3 is 5.32 Å². The molecule has 1 aliphatic carbocycles. The van der Waals surface area contributed by atoms with Crippen LogP contribution in [0.15, 0.2) is 23.1 Å². The summed E-state index contributed by atoms with van der Waals surface area (Å²) in [6, 6.07) is 4.77. The summed E-state index contributed by atoms with van der Waals surface area (Å²) in [5, 5.41) is 6.21. The first-order chi connectivity index (χ1) is 9.81. The van der Waals surface area contributed by atoms with Crippen LogP contribution in [0.3, 0.4) is 0 Å². The minimum Gasteiger partial charge on any atom is -0.314 e. The lowest BCUT2D eigenvalue weighted by atomic mass is 9.89. The Morgan fingerprint density at radius 1 is 1.35 bits per heavy atom. The molecule has 0 radical (unpaired) electrons. The summed E-state index contributed by atoms with van der Waals surface area (Å²) in [6.45, 7) is 2.90. The molecule has 6 nitrogen and oxygen atoms in total. The van der Waals surface area contributed by atoms with Gasteiger partial charge in [0.15, 0.2) is 5.65 Å². The number of hydrogen-bond donors (Lipinski definition) is 2. The van der Waals surface area contributed by atoms with Crippen molar-refractivity contribution in [1.29, 1.82) is 0 Å². The van der Waals surface area contributed by atoms with E-state index in [1.807, 2.05) is 6.07 Å². The van der Waals surface area contributed by atoms with Crippen molar-refractivity contribution in [1.82, 2.24) is 24.8 Å². The molecular weight excluding hydrogens is 254 g/mol. The third kappa shape index (κ3) is 1.96. The van der Waals surface area contributed by atoms with Crippen LogP contribution in [0.2, 0.25) is 0 Å². The second kappa shape index (κ2) is 4.71. The van der Waals surface area contributed by atoms with Crippen molar-refractivity contribution in [2.24, 2.45) is 0 Å². The minimum absolute atomic E-state index is 0.0321. The van der Waals surface area contributed by atoms with Gasteiger partial charge in [-0.05, 0) is 12.8 Å². The molecule has 0 bridgehead atoms. The second-order valence-electron chi connectivity index (χ2n) is 5.81. The highest BCUT2D eigenvalue weighted by Crippen LogP contribution is 2.28. The van der Waals surface area contributed by atoms with Gasteiger partial charge in [-0.1, -0.05) is 6.42 Å². The molecule has 0 aromatic carbocycles. The molecule has 2 aromatic heterocycles. The minimum atomic E-state index is -0.0321. The van der Waals surface area contributed by atoms with Crippen LogP contribution in [-0.4, -0.2) is 44.7 Å². The van der Waals surface area contributed by atoms with Crippen LogP contribution in [0.1, 0.15) is 25.0 Å². The van der Waals surface area contributed by atoms with E-state index in [4.69, 9.17) is 0 Å². The predicted octanol–water partition coefficient (Wildman–Crippen LogP) is 0.349. The van der Waals surface area contributed by atoms with Gasteiger partial charge in [0.1, 0.15) is 0 Å². The monoisotopic (exact) mass is 273 g/mol. The fourth-order valence-corrected chi connectivity index (χ4v) is 3.03. The van der Waals surface area contributed by atoms with Crippen LogP contribution in [0.4, 0.5) is 0 Å². The van der Waals surface area contributed by atoms with E-state index >= 15 is 0 Å². The van der Waals surface area contributed by atoms with E-state index in [2.05, 4.69) is 20.3 Å². The van der Waals surface area contributed by atoms with Crippen LogP contribution in [0.25, 0.3) is 5.65 Å². The highest BCUT2D eigenvalue weighted by molar-refractivity contribution is 5.36. The molecule has 0 amide bonds. The first-order valence-corrected chi connectivity index (χ1v) is 7.34. The number of nitrogens with zero attached hydrogens (tertiary/aromatic N) is 3. The van der Waals surface area contributed by atoms with Gasteiger partial charge in [0.25, 0.3) is 5.56 Å². The normalized spacial score (nSPS) is 20.2. The van der Waals surface area contributed by atoms with E-state index in [0.29, 0.717) is 17.7 Å². The van der Waals surface area contributed by atoms with Crippen molar-refractivity contribution >= 4 is 5.65 Å². The summed E-state index contributed by atoms with van der Waals surface area (Å²) in [5.41, 5.74) is 1.55. The zero-order valence-electron chi connectivity index (χ0n) is 11.4. The molecule has 4 rings (SSSR count). The molecular formula is C14H19N5O. The summed E-state index contributed by atoms with van der Waals surface area (Å²) in [4.78, 5) is 19.1. The van der Waals surface area contributed by atoms with E-state index in [1.54, 1.807) is 12.3 Å². The third-order valence-electron chi connectivity index (χ3n) is 4.55. The topological polar surface area (TPSA) is 65.4 Å². The Kier molecular flexibility index (Phi) is 2.85. The van der Waals surface area contributed by atoms with Gasteiger partial charge in [0.2, 0.25) is 0 Å². The quantitative estimate of drug-likeness (QED) is 0.843. The number of aromatic amines is 1. The lowest BCUT2D eigenvalue weighted by molar-refractivity contribution is 0.0443. The number of H-pyrrole nitrogens is 1. The Bertz CT molecular complexity index is 653. The standard InChI is InChI=1S/C14H19N5O/c20-14-6-10(17-13-4-5-16-19(13)14)9-18(11-2-1-3-11)12-7-15-8-12/h4-6,11-12,15-16H,1-3,7-9H2. The molecule has 0 unspecified atom stereocenters. The first kappa shape index (κ1) is 12.1. The van der Waals surface area contributed by atoms with E-state index in [9.17, 15) is 4.79 Å². The zero-order valence-corrected chi connectivity index (χ0v) is 11.4. The molecule has 2 aliphatic rings. The van der Waals surface area contributed by atoms with Gasteiger partial charge in [0, 0.05) is 50.0 Å². The molecule has 106 valence electrons. The van der Waals surface area contributed by atoms with Crippen molar-refractivity contribution in [3.05, 3.63) is 34.4 Å². The van der Waals surface area contributed by atoms with Gasteiger partial charge in [0.05, 0.1) is 5.69 Å². The van der Waals surface area contributed by atoms with Crippen LogP contribution in [-0.2, 0) is 6.54 Å². The van der Waals surface area contributed by atoms with Crippen molar-refractivity contribution in [2.75, 3.05) is 13.1 Å². The average Bonchev–Trinajstić information content (AvgIpc) is 2.72. The molecule has 3 heterocycles. The number of nitrogens with one attached hydrogen (secondary N) is 2. The van der Waals surface area contributed by atoms with Crippen LogP contribution in [0.5, 0.6) is 0 Å². The summed E-state index contributed by atoms with van der Waals surface area (Å²) >= 11 is 0. The summed E-state index contributed by atoms with van der Waals surface area (Å²) in [5.74, 6) is 0. The third-order valence-corrected chi connectivity index (χ3v) is 4.55. The summed E-state index contributed by atoms with van der Waals surface area (Å²) < 4.78 is 1.47. The van der Waals surface area contributed by atoms with E-state index in [-0.39, 0.29) is 5.56 Å². The first-order valence-electron chi connectivity index (χ1n) is 7.34. The fraction of sp³-hybridized carbons (Fsp3) is 0.571. The molecule has 1 saturated heterocycles. The Labute approximate surface area is 116 Å². The van der Waals surface area contributed by atoms with Crippen LogP contribution < -0.4 is 10.9 Å². The van der Waals surface area contributed by atoms with Gasteiger partial charge in [-0.3, -0.25) is 14.8 Å². The predicted molar refractivity (Wildman–Crippen MR) is 75.7 cm³/mol. The Morgan fingerprint density at radius 3 is 2.85 bits per heavy atom. The van der Waals surface area contributed by atoms with Gasteiger partial charge in [-0.15, -0.1) is 0 Å². The van der Waals surface area contributed by atoms with E-state index in [1.165, 1.54) is 23.8 Å². The molecule has 1 aliphatic heterocycles. The molecule has 2 N–H and O–H groups in total. The number of aromatic nitrogens is 3. The SMILES string of the molecule is O=c1cc(CN(C2CCC2)C2CNC2)nc2cc[nH]n12. The Balaban J connectivity index is 1.62. The van der Waals surface area contributed by atoms with Gasteiger partial charge in [-0.25, -0.2) is 9.50 Å². The molecule has 1 saturated carbocycles. The average molecular weight is 273 g/mol. The van der Waals surface area contributed by atoms with E-state index < -0.39 is 0 Å². The molecule has 2 aromatic rings. The molecule has 0 atom stereocenters. The highest BCUT2D eigenvalue weighted by Gasteiger charge is 2.33. The van der Waals surface area contributed by atoms with Crippen LogP contribution in [0, 0.1) is 0 Å². The molecule has 2 fully saturated rings. The maximum Gasteiger partial charge on any atom is 0.272 e. The van der Waals surface area contributed by atoms with E-state index in [0.717, 1.165) is 25.3 Å². The van der Waals surface area contributed by atoms with Crippen LogP contribution >= 0.6 is 0 Å². The molecule has 6 heteroatoms. The maximum atomic E-state index is 12.0. The Morgan fingerprint density at radius 2 is 2.20 bits per heavy atom. The lowest BCUT2D eigenvalue weighted by Crippen LogP contribution is -2.60. The number of fused-ring (bicyclic) bond motifs is 1. The maximum absolute atomic E-state index is 12.0. The van der Waals surface area contributed by atoms with Gasteiger partial charge in [-0.2, -0.15) is 0 Å². The summed E-state index contributed by atoms with van der Waals surface area (Å²) in [6.07, 6.45) is 5.63. The molecule has 20 heavy (non-hydrogen) atoms. The van der Waals surface area contributed by atoms with Gasteiger partial charge >= 0.3 is 0 Å². The highest BCUT2D eigenvalue weighted by atomic mass is 16.1. The summed E-state index contributed by atoms with van der Waals surface area (Å²) in [7, 11) is 0. The zero-order chi connectivity index (χ0) is 13.5. The second-order valence-corrected chi connectivity index (χ2v) is 5.81. The largest absolute Gasteiger partial charge is 0.314 e. The smallest absolute Gasteiger partial charge is 0.272 e. The fourth-order valence-electron chi connectivity index (χ4n) is 3.03. The number of hydrogen-bond acceptors (Lipinski definition) is 4. The van der Waals surface area contributed by atoms with Crippen molar-refractivity contribution in [3.8, 4) is 0 Å². The number of rotatable bonds is 4. The lowest BCUT2D eigenvalue weighted by Gasteiger charge is -2.46. The van der Waals surface area contributed by atoms with Crippen molar-refractivity contribution < 1.29 is 0 Å². The van der Waals surface area contributed by atoms with Crippen molar-refractivity contribution in [2.45, 2.75) is 37.9 Å². The van der Waals surface area contributed by atoms with Crippen molar-refractivity contribution in [3.63, 3.8) is 0 Å². The molecule has 0 spiro atoms.